The van der Waals surface area contributed by atoms with E-state index in [-0.39, 0.29) is 0 Å². The summed E-state index contributed by atoms with van der Waals surface area (Å²) in [6.45, 7) is 2.69. The first-order chi connectivity index (χ1) is 5.35. The summed E-state index contributed by atoms with van der Waals surface area (Å²) >= 11 is 0. The predicted octanol–water partition coefficient (Wildman–Crippen LogP) is -0.144. The molecule has 0 saturated carbocycles. The van der Waals surface area contributed by atoms with E-state index in [1.165, 1.54) is 12.8 Å². The lowest BCUT2D eigenvalue weighted by Crippen LogP contribution is -2.40. The van der Waals surface area contributed by atoms with Crippen LogP contribution >= 0.6 is 0 Å². The molecule has 1 spiro atoms. The number of nitrogens with one attached hydrogen (secondary N) is 1. The molecule has 2 heterocycles. The van der Waals surface area contributed by atoms with Crippen LogP contribution in [0.5, 0.6) is 0 Å². The zero-order valence-corrected chi connectivity index (χ0v) is 6.81. The Morgan fingerprint density at radius 3 is 3.09 bits per heavy atom. The van der Waals surface area contributed by atoms with Gasteiger partial charge in [0.25, 0.3) is 0 Å². The van der Waals surface area contributed by atoms with E-state index in [1.807, 2.05) is 0 Å². The van der Waals surface area contributed by atoms with Crippen molar-refractivity contribution in [2.75, 3.05) is 19.7 Å². The minimum absolute atomic E-state index is 0.306. The van der Waals surface area contributed by atoms with Gasteiger partial charge < -0.3 is 15.8 Å². The SMILES string of the molecule is NC[C@@H]1C[C@@]2(CCCN2)CO1. The van der Waals surface area contributed by atoms with Crippen LogP contribution in [0.25, 0.3) is 0 Å². The molecule has 0 aromatic heterocycles. The van der Waals surface area contributed by atoms with Gasteiger partial charge in [-0.2, -0.15) is 0 Å². The van der Waals surface area contributed by atoms with Crippen molar-refractivity contribution in [2.45, 2.75) is 30.9 Å². The number of ether oxygens (including phenoxy) is 1. The van der Waals surface area contributed by atoms with E-state index in [0.29, 0.717) is 18.2 Å². The van der Waals surface area contributed by atoms with Gasteiger partial charge in [-0.25, -0.2) is 0 Å². The quantitative estimate of drug-likeness (QED) is 0.555. The van der Waals surface area contributed by atoms with E-state index >= 15 is 0 Å². The van der Waals surface area contributed by atoms with Crippen LogP contribution < -0.4 is 11.1 Å². The van der Waals surface area contributed by atoms with E-state index in [0.717, 1.165) is 19.6 Å². The minimum atomic E-state index is 0.306. The molecular weight excluding hydrogens is 140 g/mol. The monoisotopic (exact) mass is 156 g/mol. The molecule has 0 aromatic carbocycles. The number of rotatable bonds is 1. The molecule has 3 N–H and O–H groups in total. The molecule has 64 valence electrons. The Labute approximate surface area is 67.3 Å². The van der Waals surface area contributed by atoms with Gasteiger partial charge in [-0.1, -0.05) is 0 Å². The van der Waals surface area contributed by atoms with E-state index in [9.17, 15) is 0 Å². The van der Waals surface area contributed by atoms with Crippen LogP contribution in [0, 0.1) is 0 Å². The summed E-state index contributed by atoms with van der Waals surface area (Å²) in [5, 5.41) is 3.52. The summed E-state index contributed by atoms with van der Waals surface area (Å²) in [5.41, 5.74) is 5.84. The second-order valence-corrected chi connectivity index (χ2v) is 3.68. The van der Waals surface area contributed by atoms with Crippen LogP contribution in [0.2, 0.25) is 0 Å². The summed E-state index contributed by atoms with van der Waals surface area (Å²) in [6.07, 6.45) is 3.98. The third-order valence-corrected chi connectivity index (χ3v) is 2.81. The largest absolute Gasteiger partial charge is 0.375 e. The zero-order valence-electron chi connectivity index (χ0n) is 6.81. The van der Waals surface area contributed by atoms with Gasteiger partial charge >= 0.3 is 0 Å². The summed E-state index contributed by atoms with van der Waals surface area (Å²) in [4.78, 5) is 0. The number of hydrogen-bond acceptors (Lipinski definition) is 3. The molecule has 0 radical (unpaired) electrons. The minimum Gasteiger partial charge on any atom is -0.375 e. The molecule has 11 heavy (non-hydrogen) atoms. The van der Waals surface area contributed by atoms with Crippen LogP contribution in [0.1, 0.15) is 19.3 Å². The molecule has 0 unspecified atom stereocenters. The highest BCUT2D eigenvalue weighted by Crippen LogP contribution is 2.31. The lowest BCUT2D eigenvalue weighted by atomic mass is 9.94. The molecule has 0 bridgehead atoms. The van der Waals surface area contributed by atoms with Crippen molar-refractivity contribution in [1.82, 2.24) is 5.32 Å². The molecule has 2 aliphatic heterocycles. The van der Waals surface area contributed by atoms with E-state index in [2.05, 4.69) is 5.32 Å². The lowest BCUT2D eigenvalue weighted by Gasteiger charge is -2.20. The summed E-state index contributed by atoms with van der Waals surface area (Å²) < 4.78 is 5.55. The van der Waals surface area contributed by atoms with Crippen LogP contribution in [0.15, 0.2) is 0 Å². The molecule has 2 saturated heterocycles. The van der Waals surface area contributed by atoms with Crippen molar-refractivity contribution >= 4 is 0 Å². The van der Waals surface area contributed by atoms with E-state index in [1.54, 1.807) is 0 Å². The third-order valence-electron chi connectivity index (χ3n) is 2.81. The van der Waals surface area contributed by atoms with Gasteiger partial charge in [0.15, 0.2) is 0 Å². The van der Waals surface area contributed by atoms with Gasteiger partial charge in [-0.3, -0.25) is 0 Å². The number of hydrogen-bond donors (Lipinski definition) is 2. The van der Waals surface area contributed by atoms with E-state index < -0.39 is 0 Å². The Morgan fingerprint density at radius 1 is 1.64 bits per heavy atom. The van der Waals surface area contributed by atoms with Crippen LogP contribution in [0.4, 0.5) is 0 Å². The van der Waals surface area contributed by atoms with Gasteiger partial charge in [0.2, 0.25) is 0 Å². The topological polar surface area (TPSA) is 47.3 Å². The van der Waals surface area contributed by atoms with Crippen LogP contribution in [-0.4, -0.2) is 31.3 Å². The van der Waals surface area contributed by atoms with Gasteiger partial charge in [0, 0.05) is 12.1 Å². The molecule has 2 rings (SSSR count). The predicted molar refractivity (Wildman–Crippen MR) is 43.4 cm³/mol. The standard InChI is InChI=1S/C8H16N2O/c9-5-7-4-8(6-11-7)2-1-3-10-8/h7,10H,1-6,9H2/t7-,8-/m0/s1. The molecular formula is C8H16N2O. The maximum absolute atomic E-state index is 5.55. The van der Waals surface area contributed by atoms with Gasteiger partial charge in [0.05, 0.1) is 12.7 Å². The maximum atomic E-state index is 5.55. The first kappa shape index (κ1) is 7.53. The smallest absolute Gasteiger partial charge is 0.0716 e. The average molecular weight is 156 g/mol. The van der Waals surface area contributed by atoms with Crippen molar-refractivity contribution < 1.29 is 4.74 Å². The molecule has 2 fully saturated rings. The highest BCUT2D eigenvalue weighted by atomic mass is 16.5. The van der Waals surface area contributed by atoms with Crippen LogP contribution in [-0.2, 0) is 4.74 Å². The van der Waals surface area contributed by atoms with Gasteiger partial charge in [-0.05, 0) is 25.8 Å². The van der Waals surface area contributed by atoms with Crippen molar-refractivity contribution in [3.05, 3.63) is 0 Å². The Bertz CT molecular complexity index is 143. The second-order valence-electron chi connectivity index (χ2n) is 3.68. The fourth-order valence-electron chi connectivity index (χ4n) is 2.15. The van der Waals surface area contributed by atoms with Crippen molar-refractivity contribution in [2.24, 2.45) is 5.73 Å². The van der Waals surface area contributed by atoms with Gasteiger partial charge in [-0.15, -0.1) is 0 Å². The third kappa shape index (κ3) is 1.28. The van der Waals surface area contributed by atoms with Crippen molar-refractivity contribution in [3.63, 3.8) is 0 Å². The Morgan fingerprint density at radius 2 is 2.55 bits per heavy atom. The molecule has 0 amide bonds. The Balaban J connectivity index is 1.96. The average Bonchev–Trinajstić information content (AvgIpc) is 2.62. The molecule has 2 aliphatic rings. The maximum Gasteiger partial charge on any atom is 0.0716 e. The van der Waals surface area contributed by atoms with Crippen molar-refractivity contribution in [1.29, 1.82) is 0 Å². The summed E-state index contributed by atoms with van der Waals surface area (Å²) in [6, 6.07) is 0. The summed E-state index contributed by atoms with van der Waals surface area (Å²) in [7, 11) is 0. The van der Waals surface area contributed by atoms with Crippen LogP contribution in [0.3, 0.4) is 0 Å². The highest BCUT2D eigenvalue weighted by Gasteiger charge is 2.41. The first-order valence-electron chi connectivity index (χ1n) is 4.41. The second kappa shape index (κ2) is 2.73. The molecule has 0 aliphatic carbocycles. The highest BCUT2D eigenvalue weighted by molar-refractivity contribution is 4.99. The molecule has 3 nitrogen and oxygen atoms in total. The zero-order chi connectivity index (χ0) is 7.73. The molecule has 0 aromatic rings. The van der Waals surface area contributed by atoms with E-state index in [4.69, 9.17) is 10.5 Å². The summed E-state index contributed by atoms with van der Waals surface area (Å²) in [5.74, 6) is 0. The van der Waals surface area contributed by atoms with Crippen molar-refractivity contribution in [3.8, 4) is 0 Å². The Hall–Kier alpha value is -0.120. The number of nitrogens with two attached hydrogens (primary N) is 1. The molecule has 2 atom stereocenters. The first-order valence-corrected chi connectivity index (χ1v) is 4.41. The normalized spacial score (nSPS) is 43.9. The fraction of sp³-hybridized carbons (Fsp3) is 1.00. The lowest BCUT2D eigenvalue weighted by molar-refractivity contribution is 0.108. The van der Waals surface area contributed by atoms with Gasteiger partial charge in [0.1, 0.15) is 0 Å². The Kier molecular flexibility index (Phi) is 1.87. The molecule has 3 heteroatoms. The fourth-order valence-corrected chi connectivity index (χ4v) is 2.15.